The number of hydrogen-bond donors (Lipinski definition) is 0. The lowest BCUT2D eigenvalue weighted by atomic mass is 10.0. The molecule has 0 bridgehead atoms. The number of nitrogens with zero attached hydrogens (tertiary/aromatic N) is 4. The minimum absolute atomic E-state index is 0.211. The van der Waals surface area contributed by atoms with Crippen molar-refractivity contribution in [2.24, 2.45) is 0 Å². The maximum absolute atomic E-state index is 12.1. The molecule has 0 saturated carbocycles. The molecule has 0 spiro atoms. The summed E-state index contributed by atoms with van der Waals surface area (Å²) >= 11 is 2.15. The predicted molar refractivity (Wildman–Crippen MR) is 94.0 cm³/mol. The summed E-state index contributed by atoms with van der Waals surface area (Å²) in [7, 11) is 1.82. The highest BCUT2D eigenvalue weighted by atomic mass is 127. The van der Waals surface area contributed by atoms with Crippen molar-refractivity contribution in [1.29, 1.82) is 0 Å². The maximum atomic E-state index is 12.1. The standard InChI is InChI=1S/C15H23IN4O2/c1-15(2,3)22-14(21)19(4)11-5-7-20(8-6-11)13-10-17-12(16)9-18-13/h9-11H,5-8H2,1-4H3. The van der Waals surface area contributed by atoms with Crippen LogP contribution in [0, 0.1) is 3.70 Å². The van der Waals surface area contributed by atoms with Crippen LogP contribution >= 0.6 is 22.6 Å². The summed E-state index contributed by atoms with van der Waals surface area (Å²) in [6.45, 7) is 7.39. The first-order valence-electron chi connectivity index (χ1n) is 7.44. The van der Waals surface area contributed by atoms with Crippen molar-refractivity contribution in [1.82, 2.24) is 14.9 Å². The van der Waals surface area contributed by atoms with Gasteiger partial charge in [-0.2, -0.15) is 0 Å². The second kappa shape index (κ2) is 6.97. The summed E-state index contributed by atoms with van der Waals surface area (Å²) in [5.41, 5.74) is -0.456. The zero-order valence-corrected chi connectivity index (χ0v) is 15.7. The van der Waals surface area contributed by atoms with E-state index in [9.17, 15) is 4.79 Å². The number of carbonyl (C=O) groups is 1. The Balaban J connectivity index is 1.88. The molecule has 1 aromatic rings. The van der Waals surface area contributed by atoms with Crippen LogP contribution in [0.4, 0.5) is 10.6 Å². The van der Waals surface area contributed by atoms with Gasteiger partial charge in [-0.3, -0.25) is 0 Å². The number of rotatable bonds is 2. The normalized spacial score (nSPS) is 16.5. The van der Waals surface area contributed by atoms with E-state index in [-0.39, 0.29) is 12.1 Å². The van der Waals surface area contributed by atoms with Crippen molar-refractivity contribution in [3.05, 3.63) is 16.1 Å². The molecule has 0 unspecified atom stereocenters. The molecule has 1 aliphatic heterocycles. The Bertz CT molecular complexity index is 507. The van der Waals surface area contributed by atoms with Gasteiger partial charge in [-0.05, 0) is 56.2 Å². The van der Waals surface area contributed by atoms with Gasteiger partial charge in [0.25, 0.3) is 0 Å². The molecule has 7 heteroatoms. The third kappa shape index (κ3) is 4.69. The lowest BCUT2D eigenvalue weighted by Gasteiger charge is -2.37. The third-order valence-electron chi connectivity index (χ3n) is 3.62. The molecule has 0 radical (unpaired) electrons. The van der Waals surface area contributed by atoms with E-state index in [0.29, 0.717) is 0 Å². The van der Waals surface area contributed by atoms with Gasteiger partial charge >= 0.3 is 6.09 Å². The van der Waals surface area contributed by atoms with Crippen LogP contribution in [0.2, 0.25) is 0 Å². The molecule has 6 nitrogen and oxygen atoms in total. The molecule has 1 fully saturated rings. The summed E-state index contributed by atoms with van der Waals surface area (Å²) in [5.74, 6) is 0.902. The molecule has 0 N–H and O–H groups in total. The van der Waals surface area contributed by atoms with E-state index in [1.807, 2.05) is 27.8 Å². The second-order valence-electron chi connectivity index (χ2n) is 6.51. The zero-order chi connectivity index (χ0) is 16.3. The molecule has 0 aliphatic carbocycles. The first kappa shape index (κ1) is 17.2. The summed E-state index contributed by atoms with van der Waals surface area (Å²) < 4.78 is 6.32. The monoisotopic (exact) mass is 418 g/mol. The number of carbonyl (C=O) groups excluding carboxylic acids is 1. The molecule has 22 heavy (non-hydrogen) atoms. The quantitative estimate of drug-likeness (QED) is 0.692. The average molecular weight is 418 g/mol. The van der Waals surface area contributed by atoms with Gasteiger partial charge in [0.15, 0.2) is 0 Å². The third-order valence-corrected chi connectivity index (χ3v) is 4.18. The largest absolute Gasteiger partial charge is 0.444 e. The molecule has 1 aliphatic rings. The second-order valence-corrected chi connectivity index (χ2v) is 7.61. The topological polar surface area (TPSA) is 58.6 Å². The Morgan fingerprint density at radius 2 is 1.95 bits per heavy atom. The Labute approximate surface area is 145 Å². The molecular weight excluding hydrogens is 395 g/mol. The van der Waals surface area contributed by atoms with Crippen LogP contribution in [-0.2, 0) is 4.74 Å². The Hall–Kier alpha value is -1.12. The Morgan fingerprint density at radius 3 is 2.45 bits per heavy atom. The highest BCUT2D eigenvalue weighted by molar-refractivity contribution is 14.1. The summed E-state index contributed by atoms with van der Waals surface area (Å²) in [6.07, 6.45) is 5.14. The lowest BCUT2D eigenvalue weighted by Crippen LogP contribution is -2.47. The van der Waals surface area contributed by atoms with E-state index in [2.05, 4.69) is 37.5 Å². The molecule has 1 saturated heterocycles. The lowest BCUT2D eigenvalue weighted by molar-refractivity contribution is 0.0201. The predicted octanol–water partition coefficient (Wildman–Crippen LogP) is 2.92. The number of aromatic nitrogens is 2. The molecule has 122 valence electrons. The van der Waals surface area contributed by atoms with E-state index in [1.165, 1.54) is 0 Å². The van der Waals surface area contributed by atoms with Crippen LogP contribution in [0.5, 0.6) is 0 Å². The molecule has 0 aromatic carbocycles. The first-order valence-corrected chi connectivity index (χ1v) is 8.52. The van der Waals surface area contributed by atoms with Crippen LogP contribution in [0.1, 0.15) is 33.6 Å². The maximum Gasteiger partial charge on any atom is 0.410 e. The molecule has 0 atom stereocenters. The number of ether oxygens (including phenoxy) is 1. The van der Waals surface area contributed by atoms with Crippen LogP contribution in [0.25, 0.3) is 0 Å². The van der Waals surface area contributed by atoms with Crippen LogP contribution in [0.15, 0.2) is 12.4 Å². The van der Waals surface area contributed by atoms with Gasteiger partial charge in [-0.1, -0.05) is 0 Å². The van der Waals surface area contributed by atoms with Gasteiger partial charge in [0.2, 0.25) is 0 Å². The van der Waals surface area contributed by atoms with Gasteiger partial charge in [0.1, 0.15) is 15.1 Å². The summed E-state index contributed by atoms with van der Waals surface area (Å²) in [6, 6.07) is 0.211. The van der Waals surface area contributed by atoms with E-state index in [0.717, 1.165) is 35.4 Å². The van der Waals surface area contributed by atoms with Crippen molar-refractivity contribution >= 4 is 34.5 Å². The first-order chi connectivity index (χ1) is 10.3. The fraction of sp³-hybridized carbons (Fsp3) is 0.667. The smallest absolute Gasteiger partial charge is 0.410 e. The number of halogens is 1. The Kier molecular flexibility index (Phi) is 5.46. The molecule has 2 rings (SSSR count). The van der Waals surface area contributed by atoms with E-state index in [4.69, 9.17) is 4.74 Å². The van der Waals surface area contributed by atoms with Crippen molar-refractivity contribution in [3.63, 3.8) is 0 Å². The summed E-state index contributed by atoms with van der Waals surface area (Å²) in [5, 5.41) is 0. The van der Waals surface area contributed by atoms with Gasteiger partial charge < -0.3 is 14.5 Å². The average Bonchev–Trinajstić information content (AvgIpc) is 2.46. The fourth-order valence-electron chi connectivity index (χ4n) is 2.43. The SMILES string of the molecule is CN(C(=O)OC(C)(C)C)C1CCN(c2cnc(I)cn2)CC1. The molecule has 1 aromatic heterocycles. The van der Waals surface area contributed by atoms with Crippen molar-refractivity contribution < 1.29 is 9.53 Å². The highest BCUT2D eigenvalue weighted by Crippen LogP contribution is 2.21. The number of anilines is 1. The van der Waals surface area contributed by atoms with Gasteiger partial charge in [-0.15, -0.1) is 0 Å². The molecule has 2 heterocycles. The summed E-state index contributed by atoms with van der Waals surface area (Å²) in [4.78, 5) is 24.7. The van der Waals surface area contributed by atoms with E-state index >= 15 is 0 Å². The van der Waals surface area contributed by atoms with Gasteiger partial charge in [0.05, 0.1) is 12.4 Å². The molecule has 1 amide bonds. The molecular formula is C15H23IN4O2. The number of hydrogen-bond acceptors (Lipinski definition) is 5. The van der Waals surface area contributed by atoms with E-state index < -0.39 is 5.60 Å². The fourth-order valence-corrected chi connectivity index (χ4v) is 2.71. The van der Waals surface area contributed by atoms with Crippen molar-refractivity contribution in [3.8, 4) is 0 Å². The van der Waals surface area contributed by atoms with Crippen LogP contribution in [-0.4, -0.2) is 52.7 Å². The zero-order valence-electron chi connectivity index (χ0n) is 13.5. The van der Waals surface area contributed by atoms with Gasteiger partial charge in [0, 0.05) is 26.2 Å². The Morgan fingerprint density at radius 1 is 1.32 bits per heavy atom. The van der Waals surface area contributed by atoms with E-state index in [1.54, 1.807) is 17.3 Å². The van der Waals surface area contributed by atoms with Crippen molar-refractivity contribution in [2.75, 3.05) is 25.0 Å². The van der Waals surface area contributed by atoms with Gasteiger partial charge in [-0.25, -0.2) is 14.8 Å². The minimum Gasteiger partial charge on any atom is -0.444 e. The van der Waals surface area contributed by atoms with Crippen molar-refractivity contribution in [2.45, 2.75) is 45.3 Å². The van der Waals surface area contributed by atoms with Crippen LogP contribution < -0.4 is 4.90 Å². The number of amides is 1. The highest BCUT2D eigenvalue weighted by Gasteiger charge is 2.28. The number of piperidine rings is 1. The minimum atomic E-state index is -0.456. The van der Waals surface area contributed by atoms with Crippen LogP contribution in [0.3, 0.4) is 0 Å².